The molecule has 2 aliphatic rings. The minimum Gasteiger partial charge on any atom is -0.454 e. The third-order valence-electron chi connectivity index (χ3n) is 10.6. The zero-order valence-corrected chi connectivity index (χ0v) is 28.6. The number of aromatic nitrogens is 1. The Labute approximate surface area is 302 Å². The van der Waals surface area contributed by atoms with Gasteiger partial charge in [0.05, 0.1) is 27.1 Å². The van der Waals surface area contributed by atoms with Crippen LogP contribution < -0.4 is 4.74 Å². The quantitative estimate of drug-likeness (QED) is 0.181. The summed E-state index contributed by atoms with van der Waals surface area (Å²) in [6, 6.07) is 72.5. The van der Waals surface area contributed by atoms with Crippen molar-refractivity contribution in [1.82, 2.24) is 4.57 Å². The highest BCUT2D eigenvalue weighted by atomic mass is 32.2. The normalized spacial score (nSPS) is 14.7. The molecule has 242 valence electrons. The molecule has 3 heteroatoms. The molecule has 51 heavy (non-hydrogen) atoms. The Balaban J connectivity index is 1.48. The number of rotatable bonds is 5. The smallest absolute Gasteiger partial charge is 0.164 e. The van der Waals surface area contributed by atoms with E-state index in [1.54, 1.807) is 0 Å². The summed E-state index contributed by atoms with van der Waals surface area (Å²) in [5.41, 5.74) is 9.15. The molecule has 8 aromatic rings. The van der Waals surface area contributed by atoms with Crippen LogP contribution in [0.3, 0.4) is 0 Å². The Bertz CT molecular complexity index is 2270. The third-order valence-corrected chi connectivity index (χ3v) is 11.8. The van der Waals surface area contributed by atoms with Gasteiger partial charge < -0.3 is 9.30 Å². The van der Waals surface area contributed by atoms with Crippen LogP contribution in [0.25, 0.3) is 5.69 Å². The summed E-state index contributed by atoms with van der Waals surface area (Å²) >= 11 is 1.82. The molecule has 3 heterocycles. The molecule has 1 aromatic heterocycles. The van der Waals surface area contributed by atoms with Crippen LogP contribution in [-0.4, -0.2) is 4.57 Å². The van der Waals surface area contributed by atoms with Crippen molar-refractivity contribution >= 4 is 11.8 Å². The van der Waals surface area contributed by atoms with E-state index in [2.05, 4.69) is 205 Å². The number of para-hydroxylation sites is 2. The van der Waals surface area contributed by atoms with Crippen molar-refractivity contribution in [3.05, 3.63) is 245 Å². The number of benzene rings is 7. The maximum absolute atomic E-state index is 7.31. The summed E-state index contributed by atoms with van der Waals surface area (Å²) in [6.07, 6.45) is 0. The van der Waals surface area contributed by atoms with Crippen LogP contribution >= 0.6 is 11.8 Å². The van der Waals surface area contributed by atoms with Gasteiger partial charge in [-0.05, 0) is 52.1 Å². The molecular formula is C48H33NOS. The van der Waals surface area contributed by atoms with E-state index >= 15 is 0 Å². The average Bonchev–Trinajstić information content (AvgIpc) is 3.54. The molecule has 10 rings (SSSR count). The van der Waals surface area contributed by atoms with Gasteiger partial charge in [0.25, 0.3) is 0 Å². The van der Waals surface area contributed by atoms with Crippen molar-refractivity contribution in [2.24, 2.45) is 0 Å². The topological polar surface area (TPSA) is 14.2 Å². The van der Waals surface area contributed by atoms with Gasteiger partial charge >= 0.3 is 0 Å². The monoisotopic (exact) mass is 671 g/mol. The molecule has 0 fully saturated rings. The largest absolute Gasteiger partial charge is 0.454 e. The van der Waals surface area contributed by atoms with Crippen molar-refractivity contribution in [2.45, 2.75) is 20.6 Å². The summed E-state index contributed by atoms with van der Waals surface area (Å²) in [7, 11) is 0. The van der Waals surface area contributed by atoms with E-state index in [0.717, 1.165) is 33.3 Å². The van der Waals surface area contributed by atoms with Crippen LogP contribution in [0.4, 0.5) is 0 Å². The first-order valence-corrected chi connectivity index (χ1v) is 18.3. The molecule has 0 bridgehead atoms. The minimum atomic E-state index is -0.717. The van der Waals surface area contributed by atoms with E-state index < -0.39 is 10.8 Å². The zero-order valence-electron chi connectivity index (χ0n) is 27.8. The van der Waals surface area contributed by atoms with Gasteiger partial charge in [-0.2, -0.15) is 0 Å². The fraction of sp³-hybridized carbons (Fsp3) is 0.0417. The Hall–Kier alpha value is -6.03. The summed E-state index contributed by atoms with van der Waals surface area (Å²) in [4.78, 5) is 2.35. The average molecular weight is 672 g/mol. The second-order valence-corrected chi connectivity index (χ2v) is 14.2. The van der Waals surface area contributed by atoms with Crippen LogP contribution in [0.1, 0.15) is 44.8 Å². The van der Waals surface area contributed by atoms with E-state index in [1.165, 1.54) is 38.4 Å². The first-order valence-electron chi connectivity index (χ1n) is 17.4. The van der Waals surface area contributed by atoms with E-state index in [9.17, 15) is 0 Å². The number of hydrogen-bond acceptors (Lipinski definition) is 2. The van der Waals surface area contributed by atoms with Crippen LogP contribution in [-0.2, 0) is 10.8 Å². The summed E-state index contributed by atoms with van der Waals surface area (Å²) in [5.74, 6) is 1.77. The third kappa shape index (κ3) is 4.19. The molecule has 0 saturated carbocycles. The summed E-state index contributed by atoms with van der Waals surface area (Å²) in [5, 5.41) is 0. The summed E-state index contributed by atoms with van der Waals surface area (Å²) in [6.45, 7) is 0. The van der Waals surface area contributed by atoms with Gasteiger partial charge in [0.1, 0.15) is 5.75 Å². The second-order valence-electron chi connectivity index (χ2n) is 13.2. The second kappa shape index (κ2) is 11.8. The van der Waals surface area contributed by atoms with Crippen molar-refractivity contribution in [3.63, 3.8) is 0 Å². The number of fused-ring (bicyclic) bond motifs is 5. The molecule has 0 N–H and O–H groups in total. The van der Waals surface area contributed by atoms with E-state index in [-0.39, 0.29) is 0 Å². The van der Waals surface area contributed by atoms with Gasteiger partial charge in [0.2, 0.25) is 0 Å². The number of nitrogens with zero attached hydrogens (tertiary/aromatic N) is 1. The van der Waals surface area contributed by atoms with Crippen LogP contribution in [0.15, 0.2) is 210 Å². The van der Waals surface area contributed by atoms with E-state index in [1.807, 2.05) is 11.8 Å². The number of ether oxygens (including phenoxy) is 1. The molecule has 0 amide bonds. The maximum atomic E-state index is 7.31. The molecule has 0 saturated heterocycles. The van der Waals surface area contributed by atoms with Crippen LogP contribution in [0.5, 0.6) is 11.5 Å². The Morgan fingerprint density at radius 3 is 1.33 bits per heavy atom. The Kier molecular flexibility index (Phi) is 6.90. The van der Waals surface area contributed by atoms with Gasteiger partial charge in [0.15, 0.2) is 5.75 Å². The van der Waals surface area contributed by atoms with E-state index in [4.69, 9.17) is 4.74 Å². The van der Waals surface area contributed by atoms with E-state index in [0.29, 0.717) is 0 Å². The van der Waals surface area contributed by atoms with Crippen LogP contribution in [0, 0.1) is 0 Å². The van der Waals surface area contributed by atoms with Crippen molar-refractivity contribution in [3.8, 4) is 17.2 Å². The fourth-order valence-corrected chi connectivity index (χ4v) is 9.96. The molecular weight excluding hydrogens is 639 g/mol. The first kappa shape index (κ1) is 29.8. The van der Waals surface area contributed by atoms with Crippen molar-refractivity contribution < 1.29 is 4.74 Å². The molecule has 0 unspecified atom stereocenters. The van der Waals surface area contributed by atoms with Gasteiger partial charge in [-0.3, -0.25) is 0 Å². The number of hydrogen-bond donors (Lipinski definition) is 0. The lowest BCUT2D eigenvalue weighted by Crippen LogP contribution is -2.39. The highest BCUT2D eigenvalue weighted by Gasteiger charge is 2.55. The SMILES string of the molecule is c1ccc(-n2c3c(c4c2C(c2ccccc2)(c2ccccc2)c2ccccc2S4)Oc2ccccc2C3(c2ccccc2)c2ccccc2)cc1. The minimum absolute atomic E-state index is 0.679. The fourth-order valence-electron chi connectivity index (χ4n) is 8.69. The lowest BCUT2D eigenvalue weighted by atomic mass is 9.65. The highest BCUT2D eigenvalue weighted by molar-refractivity contribution is 7.99. The molecule has 2 aliphatic heterocycles. The highest BCUT2D eigenvalue weighted by Crippen LogP contribution is 2.65. The van der Waals surface area contributed by atoms with Crippen molar-refractivity contribution in [1.29, 1.82) is 0 Å². The van der Waals surface area contributed by atoms with Crippen molar-refractivity contribution in [2.75, 3.05) is 0 Å². The molecule has 0 spiro atoms. The first-order chi connectivity index (χ1) is 25.3. The Morgan fingerprint density at radius 2 is 0.804 bits per heavy atom. The standard InChI is InChI=1S/C48H33NOS/c1-6-20-34(21-7-1)47(35-22-8-2-9-23-35)39-30-16-18-32-41(39)50-43-44-46(49(45(43)47)38-28-14-5-15-29-38)48(36-24-10-3-11-25-36,37-26-12-4-13-27-37)40-31-17-19-33-42(40)51-44/h1-33H. The molecule has 0 atom stereocenters. The molecule has 0 radical (unpaired) electrons. The van der Waals surface area contributed by atoms with Gasteiger partial charge in [-0.1, -0.05) is 188 Å². The molecule has 7 aromatic carbocycles. The predicted molar refractivity (Wildman–Crippen MR) is 207 cm³/mol. The Morgan fingerprint density at radius 1 is 0.392 bits per heavy atom. The van der Waals surface area contributed by atoms with Gasteiger partial charge in [0, 0.05) is 16.1 Å². The predicted octanol–water partition coefficient (Wildman–Crippen LogP) is 11.8. The maximum Gasteiger partial charge on any atom is 0.164 e. The lowest BCUT2D eigenvalue weighted by molar-refractivity contribution is 0.421. The van der Waals surface area contributed by atoms with Crippen LogP contribution in [0.2, 0.25) is 0 Å². The molecule has 2 nitrogen and oxygen atoms in total. The lowest BCUT2D eigenvalue weighted by Gasteiger charge is -2.43. The summed E-state index contributed by atoms with van der Waals surface area (Å²) < 4.78 is 9.87. The van der Waals surface area contributed by atoms with Gasteiger partial charge in [-0.15, -0.1) is 0 Å². The molecule has 0 aliphatic carbocycles. The van der Waals surface area contributed by atoms with Gasteiger partial charge in [-0.25, -0.2) is 0 Å². The zero-order chi connectivity index (χ0) is 33.8.